The molecule has 5 rings (SSSR count). The SMILES string of the molecule is O=C1CCC(N2Cc3cc(-c4coc5cccnc45)ccc3C2=O)C(=O)N1. The van der Waals surface area contributed by atoms with Crippen molar-refractivity contribution in [2.75, 3.05) is 0 Å². The Morgan fingerprint density at radius 3 is 2.89 bits per heavy atom. The van der Waals surface area contributed by atoms with Gasteiger partial charge in [0.2, 0.25) is 11.8 Å². The van der Waals surface area contributed by atoms with Crippen LogP contribution in [0.15, 0.2) is 47.2 Å². The summed E-state index contributed by atoms with van der Waals surface area (Å²) in [5, 5.41) is 2.32. The number of carbonyl (C=O) groups excluding carboxylic acids is 3. The molecule has 3 amide bonds. The molecule has 1 aromatic carbocycles. The second kappa shape index (κ2) is 5.77. The number of fused-ring (bicyclic) bond motifs is 2. The number of furan rings is 1. The summed E-state index contributed by atoms with van der Waals surface area (Å²) in [5.41, 5.74) is 4.68. The smallest absolute Gasteiger partial charge is 0.255 e. The summed E-state index contributed by atoms with van der Waals surface area (Å²) >= 11 is 0. The van der Waals surface area contributed by atoms with Crippen molar-refractivity contribution in [3.63, 3.8) is 0 Å². The summed E-state index contributed by atoms with van der Waals surface area (Å²) in [6.07, 6.45) is 3.97. The van der Waals surface area contributed by atoms with E-state index in [0.717, 1.165) is 22.2 Å². The Labute approximate surface area is 154 Å². The van der Waals surface area contributed by atoms with Crippen LogP contribution in [0, 0.1) is 0 Å². The van der Waals surface area contributed by atoms with Crippen molar-refractivity contribution in [1.82, 2.24) is 15.2 Å². The number of imide groups is 1. The van der Waals surface area contributed by atoms with E-state index in [-0.39, 0.29) is 18.2 Å². The van der Waals surface area contributed by atoms with Crippen molar-refractivity contribution in [3.05, 3.63) is 53.9 Å². The molecule has 0 saturated carbocycles. The first-order valence-corrected chi connectivity index (χ1v) is 8.72. The molecule has 2 aromatic heterocycles. The van der Waals surface area contributed by atoms with Gasteiger partial charge in [0.1, 0.15) is 17.8 Å². The van der Waals surface area contributed by atoms with Crippen LogP contribution in [0.25, 0.3) is 22.2 Å². The third-order valence-electron chi connectivity index (χ3n) is 5.16. The number of piperidine rings is 1. The molecule has 0 aliphatic carbocycles. The molecule has 1 saturated heterocycles. The monoisotopic (exact) mass is 361 g/mol. The highest BCUT2D eigenvalue weighted by Crippen LogP contribution is 2.34. The van der Waals surface area contributed by atoms with Gasteiger partial charge in [0.05, 0.1) is 0 Å². The van der Waals surface area contributed by atoms with Crippen LogP contribution in [0.2, 0.25) is 0 Å². The highest BCUT2D eigenvalue weighted by molar-refractivity contribution is 6.05. The second-order valence-corrected chi connectivity index (χ2v) is 6.77. The maximum Gasteiger partial charge on any atom is 0.255 e. The fourth-order valence-corrected chi connectivity index (χ4v) is 3.81. The molecule has 4 heterocycles. The lowest BCUT2D eigenvalue weighted by molar-refractivity contribution is -0.136. The van der Waals surface area contributed by atoms with Gasteiger partial charge < -0.3 is 9.32 Å². The standard InChI is InChI=1S/C20H15N3O4/c24-17-6-5-15(19(25)22-17)23-9-12-8-11(3-4-13(12)20(23)26)14-10-27-16-2-1-7-21-18(14)16/h1-4,7-8,10,15H,5-6,9H2,(H,22,24,25). The van der Waals surface area contributed by atoms with Crippen molar-refractivity contribution in [1.29, 1.82) is 0 Å². The molecule has 7 heteroatoms. The first-order valence-electron chi connectivity index (χ1n) is 8.72. The van der Waals surface area contributed by atoms with Crippen LogP contribution in [0.1, 0.15) is 28.8 Å². The number of pyridine rings is 1. The molecular formula is C20H15N3O4. The third kappa shape index (κ3) is 2.43. The van der Waals surface area contributed by atoms with Crippen LogP contribution in [-0.4, -0.2) is 33.6 Å². The van der Waals surface area contributed by atoms with Gasteiger partial charge in [-0.15, -0.1) is 0 Å². The van der Waals surface area contributed by atoms with Crippen LogP contribution in [0.3, 0.4) is 0 Å². The number of nitrogens with one attached hydrogen (secondary N) is 1. The van der Waals surface area contributed by atoms with Gasteiger partial charge in [-0.05, 0) is 41.8 Å². The summed E-state index contributed by atoms with van der Waals surface area (Å²) < 4.78 is 5.56. The van der Waals surface area contributed by atoms with Gasteiger partial charge in [0.25, 0.3) is 5.91 Å². The number of benzene rings is 1. The highest BCUT2D eigenvalue weighted by Gasteiger charge is 2.39. The van der Waals surface area contributed by atoms with Crippen molar-refractivity contribution in [2.45, 2.75) is 25.4 Å². The minimum atomic E-state index is -0.609. The summed E-state index contributed by atoms with van der Waals surface area (Å²) in [7, 11) is 0. The Morgan fingerprint density at radius 1 is 1.15 bits per heavy atom. The fraction of sp³-hybridized carbons (Fsp3) is 0.200. The van der Waals surface area contributed by atoms with Crippen molar-refractivity contribution in [2.24, 2.45) is 0 Å². The van der Waals surface area contributed by atoms with E-state index in [1.165, 1.54) is 0 Å². The molecule has 2 aliphatic heterocycles. The zero-order valence-corrected chi connectivity index (χ0v) is 14.3. The second-order valence-electron chi connectivity index (χ2n) is 6.77. The number of carbonyl (C=O) groups is 3. The Balaban J connectivity index is 1.49. The number of nitrogens with zero attached hydrogens (tertiary/aromatic N) is 2. The predicted octanol–water partition coefficient (Wildman–Crippen LogP) is 2.26. The van der Waals surface area contributed by atoms with Gasteiger partial charge >= 0.3 is 0 Å². The molecule has 3 aromatic rings. The summed E-state index contributed by atoms with van der Waals surface area (Å²) in [6, 6.07) is 8.65. The predicted molar refractivity (Wildman–Crippen MR) is 95.5 cm³/mol. The normalized spacial score (nSPS) is 19.5. The molecule has 0 radical (unpaired) electrons. The first kappa shape index (κ1) is 15.7. The van der Waals surface area contributed by atoms with Gasteiger partial charge in [-0.2, -0.15) is 0 Å². The Bertz CT molecular complexity index is 1120. The number of hydrogen-bond donors (Lipinski definition) is 1. The molecule has 1 atom stereocenters. The Hall–Kier alpha value is -3.48. The van der Waals surface area contributed by atoms with E-state index < -0.39 is 11.9 Å². The topological polar surface area (TPSA) is 92.5 Å². The van der Waals surface area contributed by atoms with E-state index in [9.17, 15) is 14.4 Å². The van der Waals surface area contributed by atoms with Gasteiger partial charge in [-0.1, -0.05) is 6.07 Å². The molecule has 1 unspecified atom stereocenters. The van der Waals surface area contributed by atoms with Crippen molar-refractivity contribution < 1.29 is 18.8 Å². The Morgan fingerprint density at radius 2 is 2.04 bits per heavy atom. The molecular weight excluding hydrogens is 346 g/mol. The number of hydrogen-bond acceptors (Lipinski definition) is 5. The van der Waals surface area contributed by atoms with E-state index in [1.54, 1.807) is 23.4 Å². The van der Waals surface area contributed by atoms with Crippen LogP contribution >= 0.6 is 0 Å². The molecule has 0 spiro atoms. The van der Waals surface area contributed by atoms with E-state index in [2.05, 4.69) is 10.3 Å². The van der Waals surface area contributed by atoms with Gasteiger partial charge in [-0.25, -0.2) is 0 Å². The quantitative estimate of drug-likeness (QED) is 0.707. The van der Waals surface area contributed by atoms with Crippen molar-refractivity contribution >= 4 is 28.8 Å². The summed E-state index contributed by atoms with van der Waals surface area (Å²) in [5.74, 6) is -0.874. The van der Waals surface area contributed by atoms with E-state index in [1.807, 2.05) is 24.3 Å². The average Bonchev–Trinajstić information content (AvgIpc) is 3.23. The van der Waals surface area contributed by atoms with Gasteiger partial charge in [0, 0.05) is 30.3 Å². The molecule has 27 heavy (non-hydrogen) atoms. The average molecular weight is 361 g/mol. The number of aromatic nitrogens is 1. The minimum Gasteiger partial charge on any atom is -0.462 e. The molecule has 1 N–H and O–H groups in total. The maximum atomic E-state index is 12.8. The lowest BCUT2D eigenvalue weighted by Crippen LogP contribution is -2.52. The molecule has 2 aliphatic rings. The lowest BCUT2D eigenvalue weighted by atomic mass is 10.0. The van der Waals surface area contributed by atoms with Crippen molar-refractivity contribution in [3.8, 4) is 11.1 Å². The van der Waals surface area contributed by atoms with E-state index in [4.69, 9.17) is 4.42 Å². The maximum absolute atomic E-state index is 12.8. The van der Waals surface area contributed by atoms with Gasteiger partial charge in [-0.3, -0.25) is 24.7 Å². The highest BCUT2D eigenvalue weighted by atomic mass is 16.3. The first-order chi connectivity index (χ1) is 13.1. The van der Waals surface area contributed by atoms with Crippen LogP contribution in [0.4, 0.5) is 0 Å². The number of rotatable bonds is 2. The lowest BCUT2D eigenvalue weighted by Gasteiger charge is -2.29. The number of amides is 3. The summed E-state index contributed by atoms with van der Waals surface area (Å²) in [4.78, 5) is 42.2. The molecule has 1 fully saturated rings. The van der Waals surface area contributed by atoms with Crippen LogP contribution in [0.5, 0.6) is 0 Å². The Kier molecular flexibility index (Phi) is 3.36. The third-order valence-corrected chi connectivity index (χ3v) is 5.16. The minimum absolute atomic E-state index is 0.179. The van der Waals surface area contributed by atoms with Crippen LogP contribution in [-0.2, 0) is 16.1 Å². The van der Waals surface area contributed by atoms with Crippen LogP contribution < -0.4 is 5.32 Å². The van der Waals surface area contributed by atoms with Gasteiger partial charge in [0.15, 0.2) is 5.58 Å². The molecule has 134 valence electrons. The summed E-state index contributed by atoms with van der Waals surface area (Å²) in [6.45, 7) is 0.345. The molecule has 7 nitrogen and oxygen atoms in total. The zero-order valence-electron chi connectivity index (χ0n) is 14.3. The largest absolute Gasteiger partial charge is 0.462 e. The van der Waals surface area contributed by atoms with E-state index in [0.29, 0.717) is 24.1 Å². The van der Waals surface area contributed by atoms with E-state index >= 15 is 0 Å². The fourth-order valence-electron chi connectivity index (χ4n) is 3.81. The molecule has 0 bridgehead atoms. The zero-order chi connectivity index (χ0) is 18.5.